The van der Waals surface area contributed by atoms with Gasteiger partial charge in [0.2, 0.25) is 10.0 Å². The second-order valence-electron chi connectivity index (χ2n) is 4.27. The van der Waals surface area contributed by atoms with Crippen LogP contribution in [0, 0.1) is 12.8 Å². The number of thiophene rings is 1. The van der Waals surface area contributed by atoms with E-state index in [0.717, 1.165) is 26.8 Å². The van der Waals surface area contributed by atoms with Crippen LogP contribution in [0.15, 0.2) is 14.7 Å². The zero-order valence-electron chi connectivity index (χ0n) is 10.4. The van der Waals surface area contributed by atoms with Crippen molar-refractivity contribution in [3.05, 3.63) is 14.7 Å². The van der Waals surface area contributed by atoms with E-state index >= 15 is 0 Å². The second-order valence-corrected chi connectivity index (χ2v) is 9.29. The fourth-order valence-electron chi connectivity index (χ4n) is 1.51. The largest absolute Gasteiger partial charge is 0.241 e. The van der Waals surface area contributed by atoms with E-state index in [1.807, 2.05) is 6.92 Å². The van der Waals surface area contributed by atoms with Gasteiger partial charge in [-0.15, -0.1) is 11.3 Å². The highest BCUT2D eigenvalue weighted by molar-refractivity contribution is 9.11. The molecule has 3 nitrogen and oxygen atoms in total. The van der Waals surface area contributed by atoms with Crippen LogP contribution in [0.1, 0.15) is 24.6 Å². The molecule has 104 valence electrons. The molecule has 1 atom stereocenters. The van der Waals surface area contributed by atoms with Gasteiger partial charge in [0.15, 0.2) is 0 Å². The van der Waals surface area contributed by atoms with Gasteiger partial charge >= 0.3 is 0 Å². The van der Waals surface area contributed by atoms with E-state index in [1.165, 1.54) is 11.3 Å². The lowest BCUT2D eigenvalue weighted by atomic mass is 10.1. The Labute approximate surface area is 130 Å². The van der Waals surface area contributed by atoms with Crippen molar-refractivity contribution in [1.82, 2.24) is 4.72 Å². The highest BCUT2D eigenvalue weighted by atomic mass is 79.9. The predicted molar refractivity (Wildman–Crippen MR) is 84.1 cm³/mol. The molecule has 0 saturated carbocycles. The molecule has 0 spiro atoms. The molecular weight excluding hydrogens is 402 g/mol. The van der Waals surface area contributed by atoms with Crippen molar-refractivity contribution in [2.75, 3.05) is 11.9 Å². The molecule has 18 heavy (non-hydrogen) atoms. The molecule has 0 radical (unpaired) electrons. The summed E-state index contributed by atoms with van der Waals surface area (Å²) in [7, 11) is -3.36. The average molecular weight is 419 g/mol. The third-order valence-electron chi connectivity index (χ3n) is 2.56. The van der Waals surface area contributed by atoms with Crippen LogP contribution in [-0.2, 0) is 10.0 Å². The van der Waals surface area contributed by atoms with Crippen molar-refractivity contribution in [2.45, 2.75) is 31.6 Å². The number of nitrogens with one attached hydrogen (secondary N) is 1. The molecule has 7 heteroatoms. The standard InChI is InChI=1S/C11H17Br2NO2S2/c1-8(7-12)4-3-5-14-18(15,16)10-6-11(13)17-9(10)2/h6,8,14H,3-5,7H2,1-2H3. The summed E-state index contributed by atoms with van der Waals surface area (Å²) in [4.78, 5) is 1.19. The van der Waals surface area contributed by atoms with Crippen molar-refractivity contribution >= 4 is 53.2 Å². The summed E-state index contributed by atoms with van der Waals surface area (Å²) in [5, 5.41) is 0.955. The molecule has 0 saturated heterocycles. The second kappa shape index (κ2) is 7.38. The fourth-order valence-corrected chi connectivity index (χ4v) is 5.32. The lowest BCUT2D eigenvalue weighted by Crippen LogP contribution is -2.25. The van der Waals surface area contributed by atoms with Crippen LogP contribution < -0.4 is 4.72 Å². The zero-order chi connectivity index (χ0) is 13.8. The first kappa shape index (κ1) is 16.6. The van der Waals surface area contributed by atoms with Gasteiger partial charge in [-0.3, -0.25) is 0 Å². The Bertz CT molecular complexity index is 485. The van der Waals surface area contributed by atoms with Crippen LogP contribution in [0.5, 0.6) is 0 Å². The van der Waals surface area contributed by atoms with E-state index in [-0.39, 0.29) is 0 Å². The van der Waals surface area contributed by atoms with Crippen LogP contribution in [0.4, 0.5) is 0 Å². The van der Waals surface area contributed by atoms with E-state index < -0.39 is 10.0 Å². The Morgan fingerprint density at radius 1 is 1.50 bits per heavy atom. The lowest BCUT2D eigenvalue weighted by Gasteiger charge is -2.08. The first-order valence-electron chi connectivity index (χ1n) is 5.68. The Morgan fingerprint density at radius 2 is 2.17 bits per heavy atom. The molecule has 1 rings (SSSR count). The first-order valence-corrected chi connectivity index (χ1v) is 9.89. The summed E-state index contributed by atoms with van der Waals surface area (Å²) < 4.78 is 27.6. The van der Waals surface area contributed by atoms with Gasteiger partial charge in [-0.25, -0.2) is 13.1 Å². The summed E-state index contributed by atoms with van der Waals surface area (Å²) in [6.07, 6.45) is 1.87. The maximum absolute atomic E-state index is 12.0. The third kappa shape index (κ3) is 4.92. The van der Waals surface area contributed by atoms with Crippen molar-refractivity contribution in [1.29, 1.82) is 0 Å². The van der Waals surface area contributed by atoms with Gasteiger partial charge in [0.25, 0.3) is 0 Å². The molecule has 0 aliphatic rings. The molecule has 0 amide bonds. The molecule has 1 aromatic heterocycles. The minimum atomic E-state index is -3.36. The van der Waals surface area contributed by atoms with Crippen molar-refractivity contribution in [2.24, 2.45) is 5.92 Å². The number of hydrogen-bond donors (Lipinski definition) is 1. The van der Waals surface area contributed by atoms with E-state index in [9.17, 15) is 8.42 Å². The molecular formula is C11H17Br2NO2S2. The van der Waals surface area contributed by atoms with E-state index in [1.54, 1.807) is 6.07 Å². The van der Waals surface area contributed by atoms with Crippen LogP contribution >= 0.6 is 43.2 Å². The molecule has 0 aromatic carbocycles. The minimum absolute atomic E-state index is 0.382. The average Bonchev–Trinajstić information content (AvgIpc) is 2.64. The maximum atomic E-state index is 12.0. The molecule has 0 bridgehead atoms. The van der Waals surface area contributed by atoms with Crippen LogP contribution in [-0.4, -0.2) is 20.3 Å². The van der Waals surface area contributed by atoms with Crippen molar-refractivity contribution in [3.63, 3.8) is 0 Å². The van der Waals surface area contributed by atoms with Crippen molar-refractivity contribution in [3.8, 4) is 0 Å². The Balaban J connectivity index is 2.53. The molecule has 0 fully saturated rings. The van der Waals surface area contributed by atoms with Gasteiger partial charge in [0.05, 0.1) is 8.68 Å². The lowest BCUT2D eigenvalue weighted by molar-refractivity contribution is 0.546. The van der Waals surface area contributed by atoms with Gasteiger partial charge in [0, 0.05) is 16.8 Å². The third-order valence-corrected chi connectivity index (χ3v) is 6.94. The smallest absolute Gasteiger partial charge is 0.211 e. The molecule has 1 N–H and O–H groups in total. The summed E-state index contributed by atoms with van der Waals surface area (Å²) in [5.41, 5.74) is 0. The highest BCUT2D eigenvalue weighted by Crippen LogP contribution is 2.29. The molecule has 0 aliphatic carbocycles. The zero-order valence-corrected chi connectivity index (χ0v) is 15.2. The maximum Gasteiger partial charge on any atom is 0.241 e. The van der Waals surface area contributed by atoms with Crippen LogP contribution in [0.25, 0.3) is 0 Å². The summed E-state index contributed by atoms with van der Waals surface area (Å²) in [5.74, 6) is 0.575. The fraction of sp³-hybridized carbons (Fsp3) is 0.636. The first-order chi connectivity index (χ1) is 8.36. The van der Waals surface area contributed by atoms with Gasteiger partial charge < -0.3 is 0 Å². The number of sulfonamides is 1. The number of aryl methyl sites for hydroxylation is 1. The number of rotatable bonds is 7. The quantitative estimate of drug-likeness (QED) is 0.538. The molecule has 1 heterocycles. The number of halogens is 2. The predicted octanol–water partition coefficient (Wildman–Crippen LogP) is 3.91. The van der Waals surface area contributed by atoms with Gasteiger partial charge in [-0.2, -0.15) is 0 Å². The highest BCUT2D eigenvalue weighted by Gasteiger charge is 2.18. The van der Waals surface area contributed by atoms with Gasteiger partial charge in [0.1, 0.15) is 0 Å². The molecule has 0 aliphatic heterocycles. The summed E-state index contributed by atoms with van der Waals surface area (Å²) in [6, 6.07) is 1.66. The molecule has 1 aromatic rings. The Hall–Kier alpha value is 0.570. The van der Waals surface area contributed by atoms with Crippen LogP contribution in [0.3, 0.4) is 0 Å². The normalized spacial score (nSPS) is 13.8. The van der Waals surface area contributed by atoms with Crippen molar-refractivity contribution < 1.29 is 8.42 Å². The molecule has 1 unspecified atom stereocenters. The Kier molecular flexibility index (Phi) is 6.81. The van der Waals surface area contributed by atoms with Gasteiger partial charge in [-0.05, 0) is 47.7 Å². The van der Waals surface area contributed by atoms with Crippen LogP contribution in [0.2, 0.25) is 0 Å². The van der Waals surface area contributed by atoms with E-state index in [0.29, 0.717) is 17.4 Å². The van der Waals surface area contributed by atoms with Gasteiger partial charge in [-0.1, -0.05) is 22.9 Å². The van der Waals surface area contributed by atoms with E-state index in [2.05, 4.69) is 43.5 Å². The minimum Gasteiger partial charge on any atom is -0.211 e. The Morgan fingerprint density at radius 3 is 2.67 bits per heavy atom. The topological polar surface area (TPSA) is 46.2 Å². The number of hydrogen-bond acceptors (Lipinski definition) is 3. The summed E-state index contributed by atoms with van der Waals surface area (Å²) in [6.45, 7) is 4.45. The van der Waals surface area contributed by atoms with E-state index in [4.69, 9.17) is 0 Å². The summed E-state index contributed by atoms with van der Waals surface area (Å²) >= 11 is 8.15. The number of alkyl halides is 1. The monoisotopic (exact) mass is 417 g/mol. The SMILES string of the molecule is Cc1sc(Br)cc1S(=O)(=O)NCCCC(C)CBr.